The number of hydrogen-bond acceptors (Lipinski definition) is 3. The molecule has 0 radical (unpaired) electrons. The molecule has 0 unspecified atom stereocenters. The minimum atomic E-state index is -4.46. The first-order valence-corrected chi connectivity index (χ1v) is 10.0. The molecule has 32 heavy (non-hydrogen) atoms. The standard InChI is InChI=1S/C23H20F3N3O3/c1-2-32-21(30)18-13-29(12-11-17-16-5-3-4-6-19(16)28-20(17)18)22(31)27-15-9-7-14(8-10-15)23(24,25)26/h3-10,13,28H,2,11-12H2,1H3,(H,27,31). The van der Waals surface area contributed by atoms with E-state index in [1.807, 2.05) is 24.3 Å². The Kier molecular flexibility index (Phi) is 5.65. The average molecular weight is 443 g/mol. The number of alkyl halides is 3. The summed E-state index contributed by atoms with van der Waals surface area (Å²) >= 11 is 0. The van der Waals surface area contributed by atoms with E-state index in [9.17, 15) is 22.8 Å². The summed E-state index contributed by atoms with van der Waals surface area (Å²) in [6.07, 6.45) is -2.57. The highest BCUT2D eigenvalue weighted by molar-refractivity contribution is 6.18. The van der Waals surface area contributed by atoms with Crippen molar-refractivity contribution in [2.45, 2.75) is 19.5 Å². The third-order valence-electron chi connectivity index (χ3n) is 5.19. The van der Waals surface area contributed by atoms with Gasteiger partial charge in [0.1, 0.15) is 0 Å². The fourth-order valence-corrected chi connectivity index (χ4v) is 3.67. The van der Waals surface area contributed by atoms with E-state index < -0.39 is 23.7 Å². The van der Waals surface area contributed by atoms with E-state index in [-0.39, 0.29) is 24.4 Å². The second-order valence-corrected chi connectivity index (χ2v) is 7.24. The zero-order chi connectivity index (χ0) is 22.9. The van der Waals surface area contributed by atoms with Crippen molar-refractivity contribution < 1.29 is 27.5 Å². The lowest BCUT2D eigenvalue weighted by molar-refractivity contribution is -0.138. The molecule has 0 saturated carbocycles. The highest BCUT2D eigenvalue weighted by Crippen LogP contribution is 2.32. The molecule has 2 N–H and O–H groups in total. The molecule has 0 saturated heterocycles. The van der Waals surface area contributed by atoms with Gasteiger partial charge < -0.3 is 15.0 Å². The maximum atomic E-state index is 12.9. The predicted octanol–water partition coefficient (Wildman–Crippen LogP) is 5.18. The summed E-state index contributed by atoms with van der Waals surface area (Å²) in [5, 5.41) is 3.53. The number of carbonyl (C=O) groups excluding carboxylic acids is 2. The number of hydrogen-bond donors (Lipinski definition) is 2. The van der Waals surface area contributed by atoms with Gasteiger partial charge >= 0.3 is 18.2 Å². The number of carbonyl (C=O) groups is 2. The summed E-state index contributed by atoms with van der Waals surface area (Å²) in [7, 11) is 0. The van der Waals surface area contributed by atoms with Crippen molar-refractivity contribution in [1.29, 1.82) is 0 Å². The van der Waals surface area contributed by atoms with Gasteiger partial charge in [-0.2, -0.15) is 13.2 Å². The molecule has 0 atom stereocenters. The number of nitrogens with zero attached hydrogens (tertiary/aromatic N) is 1. The normalized spacial score (nSPS) is 13.9. The molecule has 2 heterocycles. The Morgan fingerprint density at radius 3 is 2.53 bits per heavy atom. The van der Waals surface area contributed by atoms with Gasteiger partial charge in [-0.3, -0.25) is 4.90 Å². The number of ether oxygens (including phenoxy) is 1. The molecule has 0 fully saturated rings. The number of H-pyrrole nitrogens is 1. The Morgan fingerprint density at radius 1 is 1.12 bits per heavy atom. The van der Waals surface area contributed by atoms with E-state index in [4.69, 9.17) is 4.74 Å². The first-order valence-electron chi connectivity index (χ1n) is 10.0. The van der Waals surface area contributed by atoms with Crippen LogP contribution in [0.3, 0.4) is 0 Å². The van der Waals surface area contributed by atoms with Crippen LogP contribution in [0.25, 0.3) is 16.5 Å². The first-order chi connectivity index (χ1) is 15.3. The van der Waals surface area contributed by atoms with Gasteiger partial charge in [0.15, 0.2) is 0 Å². The molecule has 1 aliphatic rings. The number of urea groups is 1. The van der Waals surface area contributed by atoms with E-state index in [0.717, 1.165) is 28.6 Å². The molecule has 1 aromatic heterocycles. The van der Waals surface area contributed by atoms with Crippen LogP contribution < -0.4 is 5.32 Å². The van der Waals surface area contributed by atoms with Crippen molar-refractivity contribution in [2.75, 3.05) is 18.5 Å². The summed E-state index contributed by atoms with van der Waals surface area (Å²) in [5.41, 5.74) is 1.97. The number of benzene rings is 2. The van der Waals surface area contributed by atoms with Crippen LogP contribution in [0.5, 0.6) is 0 Å². The lowest BCUT2D eigenvalue weighted by atomic mass is 10.0. The number of esters is 1. The van der Waals surface area contributed by atoms with Crippen LogP contribution in [0.15, 0.2) is 54.7 Å². The lowest BCUT2D eigenvalue weighted by Gasteiger charge is -2.19. The van der Waals surface area contributed by atoms with Gasteiger partial charge in [0, 0.05) is 29.3 Å². The number of nitrogens with one attached hydrogen (secondary N) is 2. The van der Waals surface area contributed by atoms with Gasteiger partial charge in [-0.15, -0.1) is 0 Å². The van der Waals surface area contributed by atoms with Crippen LogP contribution in [0.1, 0.15) is 23.7 Å². The minimum absolute atomic E-state index is 0.170. The lowest BCUT2D eigenvalue weighted by Crippen LogP contribution is -2.32. The highest BCUT2D eigenvalue weighted by atomic mass is 19.4. The fraction of sp³-hybridized carbons (Fsp3) is 0.217. The molecular weight excluding hydrogens is 423 g/mol. The molecule has 0 spiro atoms. The topological polar surface area (TPSA) is 74.4 Å². The fourth-order valence-electron chi connectivity index (χ4n) is 3.67. The maximum Gasteiger partial charge on any atom is 0.416 e. The van der Waals surface area contributed by atoms with Crippen LogP contribution in [-0.4, -0.2) is 35.0 Å². The van der Waals surface area contributed by atoms with Crippen LogP contribution in [0, 0.1) is 0 Å². The number of rotatable bonds is 3. The predicted molar refractivity (Wildman–Crippen MR) is 114 cm³/mol. The molecule has 0 bridgehead atoms. The van der Waals surface area contributed by atoms with Gasteiger partial charge in [0.25, 0.3) is 0 Å². The molecule has 2 amide bonds. The van der Waals surface area contributed by atoms with E-state index >= 15 is 0 Å². The van der Waals surface area contributed by atoms with Crippen molar-refractivity contribution in [3.8, 4) is 0 Å². The number of aromatic nitrogens is 1. The molecule has 3 aromatic rings. The molecule has 2 aromatic carbocycles. The third-order valence-corrected chi connectivity index (χ3v) is 5.19. The van der Waals surface area contributed by atoms with Crippen LogP contribution in [0.4, 0.5) is 23.7 Å². The molecule has 0 aliphatic carbocycles. The van der Waals surface area contributed by atoms with Crippen LogP contribution >= 0.6 is 0 Å². The number of fused-ring (bicyclic) bond motifs is 3. The average Bonchev–Trinajstić information content (AvgIpc) is 3.01. The zero-order valence-electron chi connectivity index (χ0n) is 17.1. The largest absolute Gasteiger partial charge is 0.462 e. The second-order valence-electron chi connectivity index (χ2n) is 7.24. The van der Waals surface area contributed by atoms with E-state index in [2.05, 4.69) is 10.3 Å². The minimum Gasteiger partial charge on any atom is -0.462 e. The maximum absolute atomic E-state index is 12.9. The molecule has 6 nitrogen and oxygen atoms in total. The summed E-state index contributed by atoms with van der Waals surface area (Å²) in [5.74, 6) is -0.575. The molecule has 9 heteroatoms. The smallest absolute Gasteiger partial charge is 0.416 e. The van der Waals surface area contributed by atoms with Gasteiger partial charge in [0.05, 0.1) is 23.4 Å². The summed E-state index contributed by atoms with van der Waals surface area (Å²) in [6, 6.07) is 11.2. The van der Waals surface area contributed by atoms with Crippen molar-refractivity contribution >= 4 is 34.2 Å². The number of para-hydroxylation sites is 1. The van der Waals surface area contributed by atoms with Crippen molar-refractivity contribution in [1.82, 2.24) is 9.88 Å². The molecule has 166 valence electrons. The Balaban J connectivity index is 1.63. The molecule has 4 rings (SSSR count). The number of aromatic amines is 1. The zero-order valence-corrected chi connectivity index (χ0v) is 17.1. The van der Waals surface area contributed by atoms with Crippen molar-refractivity contribution in [3.63, 3.8) is 0 Å². The summed E-state index contributed by atoms with van der Waals surface area (Å²) in [4.78, 5) is 30.1. The Bertz CT molecular complexity index is 1200. The van der Waals surface area contributed by atoms with Crippen LogP contribution in [0.2, 0.25) is 0 Å². The van der Waals surface area contributed by atoms with Gasteiger partial charge in [-0.1, -0.05) is 18.2 Å². The van der Waals surface area contributed by atoms with Gasteiger partial charge in [0.2, 0.25) is 0 Å². The number of amides is 2. The summed E-state index contributed by atoms with van der Waals surface area (Å²) < 4.78 is 43.5. The third kappa shape index (κ3) is 4.18. The highest BCUT2D eigenvalue weighted by Gasteiger charge is 2.30. The number of anilines is 1. The van der Waals surface area contributed by atoms with Crippen molar-refractivity contribution in [2.24, 2.45) is 0 Å². The quantitative estimate of drug-likeness (QED) is 0.548. The monoisotopic (exact) mass is 443 g/mol. The Hall–Kier alpha value is -3.75. The molecular formula is C23H20F3N3O3. The Labute approximate surface area is 181 Å². The SMILES string of the molecule is CCOC(=O)C1=CN(C(=O)Nc2ccc(C(F)(F)F)cc2)CCc2c1[nH]c1ccccc21. The van der Waals surface area contributed by atoms with E-state index in [1.54, 1.807) is 6.92 Å². The summed E-state index contributed by atoms with van der Waals surface area (Å²) in [6.45, 7) is 2.13. The van der Waals surface area contributed by atoms with E-state index in [1.165, 1.54) is 23.2 Å². The van der Waals surface area contributed by atoms with E-state index in [0.29, 0.717) is 12.1 Å². The second kappa shape index (κ2) is 8.41. The van der Waals surface area contributed by atoms with Gasteiger partial charge in [-0.05, 0) is 49.2 Å². The Morgan fingerprint density at radius 2 is 1.84 bits per heavy atom. The molecule has 1 aliphatic heterocycles. The first kappa shape index (κ1) is 21.5. The van der Waals surface area contributed by atoms with Crippen molar-refractivity contribution in [3.05, 3.63) is 71.6 Å². The van der Waals surface area contributed by atoms with Gasteiger partial charge in [-0.25, -0.2) is 9.59 Å². The van der Waals surface area contributed by atoms with Crippen LogP contribution in [-0.2, 0) is 22.1 Å². The number of halogens is 3.